The summed E-state index contributed by atoms with van der Waals surface area (Å²) in [5.74, 6) is -3.11. The van der Waals surface area contributed by atoms with Crippen molar-refractivity contribution in [1.29, 1.82) is 0 Å². The summed E-state index contributed by atoms with van der Waals surface area (Å²) in [6, 6.07) is 16.6. The minimum Gasteiger partial charge on any atom is -0.480 e. The molecule has 0 spiro atoms. The van der Waals surface area contributed by atoms with Crippen LogP contribution in [0.3, 0.4) is 0 Å². The number of benzene rings is 2. The smallest absolute Gasteiger partial charge is 0.334 e. The molecule has 5 N–H and O–H groups in total. The highest BCUT2D eigenvalue weighted by atomic mass is 16.4. The Morgan fingerprint density at radius 2 is 1.37 bits per heavy atom. The predicted molar refractivity (Wildman–Crippen MR) is 110 cm³/mol. The molecule has 0 radical (unpaired) electrons. The van der Waals surface area contributed by atoms with E-state index in [0.717, 1.165) is 11.1 Å². The SMILES string of the molecule is O=C(O)[C@H](O)CNC(=O)[C@H](Cc1ccccc1)N[C@@H](CCc1ccccc1)C(=O)O. The van der Waals surface area contributed by atoms with E-state index < -0.39 is 42.6 Å². The maximum Gasteiger partial charge on any atom is 0.334 e. The van der Waals surface area contributed by atoms with Crippen molar-refractivity contribution in [3.63, 3.8) is 0 Å². The molecule has 3 atom stereocenters. The highest BCUT2D eigenvalue weighted by Crippen LogP contribution is 2.09. The first-order valence-corrected chi connectivity index (χ1v) is 9.62. The van der Waals surface area contributed by atoms with Gasteiger partial charge in [0.05, 0.1) is 12.6 Å². The molecule has 0 aliphatic heterocycles. The number of carboxylic acids is 2. The Hall–Kier alpha value is -3.23. The molecule has 30 heavy (non-hydrogen) atoms. The monoisotopic (exact) mass is 414 g/mol. The predicted octanol–water partition coefficient (Wildman–Crippen LogP) is 0.835. The first-order valence-electron chi connectivity index (χ1n) is 9.62. The van der Waals surface area contributed by atoms with Gasteiger partial charge >= 0.3 is 11.9 Å². The number of carbonyl (C=O) groups excluding carboxylic acids is 1. The van der Waals surface area contributed by atoms with Crippen LogP contribution in [0, 0.1) is 0 Å². The fourth-order valence-corrected chi connectivity index (χ4v) is 2.96. The van der Waals surface area contributed by atoms with Crippen LogP contribution in [-0.2, 0) is 27.2 Å². The molecule has 2 rings (SSSR count). The first-order chi connectivity index (χ1) is 14.4. The lowest BCUT2D eigenvalue weighted by molar-refractivity contribution is -0.146. The fourth-order valence-electron chi connectivity index (χ4n) is 2.96. The summed E-state index contributed by atoms with van der Waals surface area (Å²) in [5.41, 5.74) is 1.80. The number of aryl methyl sites for hydroxylation is 1. The Kier molecular flexibility index (Phi) is 8.99. The fraction of sp³-hybridized carbons (Fsp3) is 0.318. The van der Waals surface area contributed by atoms with Gasteiger partial charge in [0.1, 0.15) is 6.04 Å². The summed E-state index contributed by atoms with van der Waals surface area (Å²) < 4.78 is 0. The molecule has 8 heteroatoms. The molecule has 0 unspecified atom stereocenters. The van der Waals surface area contributed by atoms with Gasteiger partial charge in [-0.25, -0.2) is 4.79 Å². The number of rotatable bonds is 12. The second kappa shape index (κ2) is 11.7. The zero-order valence-electron chi connectivity index (χ0n) is 16.4. The number of aliphatic hydroxyl groups excluding tert-OH is 1. The van der Waals surface area contributed by atoms with Gasteiger partial charge in [0.15, 0.2) is 6.10 Å². The second-order valence-corrected chi connectivity index (χ2v) is 6.92. The molecular weight excluding hydrogens is 388 g/mol. The summed E-state index contributed by atoms with van der Waals surface area (Å²) in [7, 11) is 0. The van der Waals surface area contributed by atoms with Gasteiger partial charge in [0.2, 0.25) is 5.91 Å². The Labute approximate surface area is 174 Å². The lowest BCUT2D eigenvalue weighted by atomic mass is 10.0. The maximum absolute atomic E-state index is 12.6. The van der Waals surface area contributed by atoms with E-state index in [2.05, 4.69) is 10.6 Å². The van der Waals surface area contributed by atoms with Crippen molar-refractivity contribution in [1.82, 2.24) is 10.6 Å². The van der Waals surface area contributed by atoms with Gasteiger partial charge in [-0.3, -0.25) is 14.9 Å². The summed E-state index contributed by atoms with van der Waals surface area (Å²) in [4.78, 5) is 35.2. The van der Waals surface area contributed by atoms with Gasteiger partial charge in [-0.1, -0.05) is 60.7 Å². The number of carbonyl (C=O) groups is 3. The molecule has 0 fully saturated rings. The van der Waals surface area contributed by atoms with Crippen LogP contribution < -0.4 is 10.6 Å². The zero-order valence-corrected chi connectivity index (χ0v) is 16.4. The van der Waals surface area contributed by atoms with Crippen molar-refractivity contribution in [2.75, 3.05) is 6.54 Å². The molecule has 1 amide bonds. The molecular formula is C22H26N2O6. The summed E-state index contributed by atoms with van der Waals surface area (Å²) >= 11 is 0. The van der Waals surface area contributed by atoms with Gasteiger partial charge in [0, 0.05) is 0 Å². The Morgan fingerprint density at radius 3 is 1.90 bits per heavy atom. The van der Waals surface area contributed by atoms with Crippen LogP contribution in [0.15, 0.2) is 60.7 Å². The number of hydrogen-bond donors (Lipinski definition) is 5. The third kappa shape index (κ3) is 7.65. The lowest BCUT2D eigenvalue weighted by Crippen LogP contribution is -2.53. The Balaban J connectivity index is 2.08. The average molecular weight is 414 g/mol. The highest BCUT2D eigenvalue weighted by Gasteiger charge is 2.27. The van der Waals surface area contributed by atoms with E-state index in [-0.39, 0.29) is 12.8 Å². The number of aliphatic hydroxyl groups is 1. The molecule has 0 saturated carbocycles. The van der Waals surface area contributed by atoms with E-state index >= 15 is 0 Å². The van der Waals surface area contributed by atoms with Crippen molar-refractivity contribution in [2.45, 2.75) is 37.5 Å². The topological polar surface area (TPSA) is 136 Å². The highest BCUT2D eigenvalue weighted by molar-refractivity contribution is 5.84. The van der Waals surface area contributed by atoms with Crippen molar-refractivity contribution >= 4 is 17.8 Å². The molecule has 2 aromatic rings. The van der Waals surface area contributed by atoms with E-state index in [1.54, 1.807) is 0 Å². The number of amides is 1. The van der Waals surface area contributed by atoms with Crippen molar-refractivity contribution in [3.8, 4) is 0 Å². The van der Waals surface area contributed by atoms with Crippen LogP contribution in [0.5, 0.6) is 0 Å². The summed E-state index contributed by atoms with van der Waals surface area (Å²) in [6.07, 6.45) is -0.734. The van der Waals surface area contributed by atoms with Crippen LogP contribution >= 0.6 is 0 Å². The number of hydrogen-bond acceptors (Lipinski definition) is 5. The normalized spacial score (nSPS) is 13.8. The third-order valence-corrected chi connectivity index (χ3v) is 4.62. The molecule has 0 aromatic heterocycles. The van der Waals surface area contributed by atoms with E-state index in [9.17, 15) is 24.6 Å². The van der Waals surface area contributed by atoms with Gasteiger partial charge in [-0.05, 0) is 30.4 Å². The van der Waals surface area contributed by atoms with Crippen LogP contribution in [0.1, 0.15) is 17.5 Å². The number of aliphatic carboxylic acids is 2. The zero-order chi connectivity index (χ0) is 21.9. The van der Waals surface area contributed by atoms with Crippen LogP contribution in [0.4, 0.5) is 0 Å². The average Bonchev–Trinajstić information content (AvgIpc) is 2.74. The molecule has 0 bridgehead atoms. The van der Waals surface area contributed by atoms with Crippen molar-refractivity contribution in [2.24, 2.45) is 0 Å². The molecule has 0 saturated heterocycles. The maximum atomic E-state index is 12.6. The van der Waals surface area contributed by atoms with E-state index in [1.807, 2.05) is 60.7 Å². The standard InChI is InChI=1S/C22H26N2O6/c25-19(22(29)30)14-23-20(26)18(13-16-9-5-2-6-10-16)24-17(21(27)28)12-11-15-7-3-1-4-8-15/h1-10,17-19,24-25H,11-14H2,(H,23,26)(H,27,28)(H,29,30)/t17-,18-,19+/m0/s1. The molecule has 0 aliphatic carbocycles. The number of nitrogens with one attached hydrogen (secondary N) is 2. The van der Waals surface area contributed by atoms with Crippen LogP contribution in [0.25, 0.3) is 0 Å². The molecule has 0 aliphatic rings. The Morgan fingerprint density at radius 1 is 0.800 bits per heavy atom. The molecule has 0 heterocycles. The third-order valence-electron chi connectivity index (χ3n) is 4.62. The number of carboxylic acid groups (broad SMARTS) is 2. The van der Waals surface area contributed by atoms with E-state index in [0.29, 0.717) is 6.42 Å². The van der Waals surface area contributed by atoms with E-state index in [4.69, 9.17) is 5.11 Å². The van der Waals surface area contributed by atoms with Gasteiger partial charge < -0.3 is 20.6 Å². The molecule has 2 aromatic carbocycles. The summed E-state index contributed by atoms with van der Waals surface area (Å²) in [6.45, 7) is -0.469. The van der Waals surface area contributed by atoms with Crippen LogP contribution in [-0.4, -0.2) is 57.9 Å². The molecule has 8 nitrogen and oxygen atoms in total. The van der Waals surface area contributed by atoms with Crippen LogP contribution in [0.2, 0.25) is 0 Å². The summed E-state index contributed by atoms with van der Waals surface area (Å²) in [5, 5.41) is 33.1. The lowest BCUT2D eigenvalue weighted by Gasteiger charge is -2.23. The van der Waals surface area contributed by atoms with Gasteiger partial charge in [0.25, 0.3) is 0 Å². The Bertz CT molecular complexity index is 828. The van der Waals surface area contributed by atoms with Gasteiger partial charge in [-0.15, -0.1) is 0 Å². The van der Waals surface area contributed by atoms with Crippen molar-refractivity contribution < 1.29 is 29.7 Å². The van der Waals surface area contributed by atoms with Gasteiger partial charge in [-0.2, -0.15) is 0 Å². The quantitative estimate of drug-likeness (QED) is 0.347. The van der Waals surface area contributed by atoms with E-state index in [1.165, 1.54) is 0 Å². The molecule has 160 valence electrons. The second-order valence-electron chi connectivity index (χ2n) is 6.92. The van der Waals surface area contributed by atoms with Crippen molar-refractivity contribution in [3.05, 3.63) is 71.8 Å². The largest absolute Gasteiger partial charge is 0.480 e. The minimum atomic E-state index is -1.74. The first kappa shape index (κ1) is 23.1. The minimum absolute atomic E-state index is 0.213.